The van der Waals surface area contributed by atoms with Gasteiger partial charge < -0.3 is 5.11 Å². The number of rotatable bonds is 2. The van der Waals surface area contributed by atoms with Crippen molar-refractivity contribution in [1.82, 2.24) is 0 Å². The number of ketones is 2. The number of Topliss-reactive ketones (excluding diaryl/α,β-unsaturated/α-hetero) is 1. The number of phenolic OH excluding ortho intramolecular Hbond substituents is 1. The lowest BCUT2D eigenvalue weighted by atomic mass is 10.0. The molecule has 0 aromatic heterocycles. The molecule has 0 atom stereocenters. The van der Waals surface area contributed by atoms with Crippen molar-refractivity contribution in [3.8, 4) is 5.75 Å². The van der Waals surface area contributed by atoms with Crippen LogP contribution in [-0.2, 0) is 6.42 Å². The van der Waals surface area contributed by atoms with Gasteiger partial charge in [-0.3, -0.25) is 9.59 Å². The lowest BCUT2D eigenvalue weighted by Gasteiger charge is -2.04. The number of aryl methyl sites for hydroxylation is 1. The molecule has 0 heterocycles. The highest BCUT2D eigenvalue weighted by atomic mass is 16.3. The van der Waals surface area contributed by atoms with Gasteiger partial charge in [0.2, 0.25) is 0 Å². The van der Waals surface area contributed by atoms with Crippen LogP contribution < -0.4 is 0 Å². The SMILES string of the molecule is C/C=C\C(=O)c1cc2c(cc1O)CCC2=O. The van der Waals surface area contributed by atoms with Crippen LogP contribution in [-0.4, -0.2) is 16.7 Å². The van der Waals surface area contributed by atoms with Crippen molar-refractivity contribution in [3.05, 3.63) is 41.0 Å². The average molecular weight is 216 g/mol. The van der Waals surface area contributed by atoms with Gasteiger partial charge in [-0.2, -0.15) is 0 Å². The normalized spacial score (nSPS) is 14.4. The third kappa shape index (κ3) is 1.65. The minimum absolute atomic E-state index is 0.0449. The van der Waals surface area contributed by atoms with E-state index in [1.54, 1.807) is 13.0 Å². The summed E-state index contributed by atoms with van der Waals surface area (Å²) in [5.74, 6) is -0.274. The standard InChI is InChI=1S/C13H12O3/c1-2-3-11(14)10-7-9-8(6-13(10)16)4-5-12(9)15/h2-3,6-7,16H,4-5H2,1H3/b3-2-. The van der Waals surface area contributed by atoms with Gasteiger partial charge in [0.15, 0.2) is 11.6 Å². The highest BCUT2D eigenvalue weighted by molar-refractivity contribution is 6.09. The molecule has 0 amide bonds. The summed E-state index contributed by atoms with van der Waals surface area (Å²) in [4.78, 5) is 23.1. The van der Waals surface area contributed by atoms with Gasteiger partial charge in [0.25, 0.3) is 0 Å². The molecule has 0 saturated heterocycles. The van der Waals surface area contributed by atoms with E-state index in [1.807, 2.05) is 0 Å². The zero-order valence-electron chi connectivity index (χ0n) is 8.99. The Hall–Kier alpha value is -1.90. The second kappa shape index (κ2) is 3.93. The average Bonchev–Trinajstić information content (AvgIpc) is 2.59. The maximum atomic E-state index is 11.6. The molecule has 82 valence electrons. The molecule has 0 radical (unpaired) electrons. The molecule has 16 heavy (non-hydrogen) atoms. The summed E-state index contributed by atoms with van der Waals surface area (Å²) in [6, 6.07) is 3.03. The van der Waals surface area contributed by atoms with Crippen molar-refractivity contribution < 1.29 is 14.7 Å². The fourth-order valence-corrected chi connectivity index (χ4v) is 1.92. The molecular formula is C13H12O3. The zero-order valence-corrected chi connectivity index (χ0v) is 8.99. The van der Waals surface area contributed by atoms with E-state index >= 15 is 0 Å². The summed E-state index contributed by atoms with van der Waals surface area (Å²) < 4.78 is 0. The van der Waals surface area contributed by atoms with E-state index < -0.39 is 0 Å². The lowest BCUT2D eigenvalue weighted by molar-refractivity contribution is 0.0994. The number of carbonyl (C=O) groups is 2. The molecule has 1 N–H and O–H groups in total. The number of hydrogen-bond donors (Lipinski definition) is 1. The van der Waals surface area contributed by atoms with Gasteiger partial charge in [-0.1, -0.05) is 6.08 Å². The van der Waals surface area contributed by atoms with Gasteiger partial charge in [-0.25, -0.2) is 0 Å². The molecule has 0 spiro atoms. The van der Waals surface area contributed by atoms with Crippen LogP contribution in [0.5, 0.6) is 5.75 Å². The molecule has 0 saturated carbocycles. The molecule has 1 aliphatic carbocycles. The molecule has 1 aliphatic rings. The van der Waals surface area contributed by atoms with Gasteiger partial charge in [-0.05, 0) is 37.1 Å². The number of aromatic hydroxyl groups is 1. The van der Waals surface area contributed by atoms with Crippen LogP contribution in [0.25, 0.3) is 0 Å². The maximum absolute atomic E-state index is 11.6. The number of allylic oxidation sites excluding steroid dienone is 2. The minimum atomic E-state index is -0.275. The molecule has 1 aromatic rings. The van der Waals surface area contributed by atoms with Crippen molar-refractivity contribution in [1.29, 1.82) is 0 Å². The van der Waals surface area contributed by atoms with Gasteiger partial charge >= 0.3 is 0 Å². The molecule has 0 unspecified atom stereocenters. The number of phenols is 1. The maximum Gasteiger partial charge on any atom is 0.189 e. The molecule has 3 heteroatoms. The van der Waals surface area contributed by atoms with Gasteiger partial charge in [0.1, 0.15) is 5.75 Å². The Morgan fingerprint density at radius 2 is 2.12 bits per heavy atom. The molecular weight excluding hydrogens is 204 g/mol. The smallest absolute Gasteiger partial charge is 0.189 e. The van der Waals surface area contributed by atoms with E-state index in [4.69, 9.17) is 0 Å². The van der Waals surface area contributed by atoms with Crippen LogP contribution in [0.15, 0.2) is 24.3 Å². The Labute approximate surface area is 93.4 Å². The highest BCUT2D eigenvalue weighted by Gasteiger charge is 2.22. The van der Waals surface area contributed by atoms with E-state index in [-0.39, 0.29) is 22.9 Å². The first-order chi connectivity index (χ1) is 7.63. The van der Waals surface area contributed by atoms with Crippen LogP contribution in [0, 0.1) is 0 Å². The fraction of sp³-hybridized carbons (Fsp3) is 0.231. The number of carbonyl (C=O) groups excluding carboxylic acids is 2. The summed E-state index contributed by atoms with van der Waals surface area (Å²) in [6.07, 6.45) is 4.10. The van der Waals surface area contributed by atoms with Crippen molar-refractivity contribution in [3.63, 3.8) is 0 Å². The summed E-state index contributed by atoms with van der Waals surface area (Å²) >= 11 is 0. The molecule has 2 rings (SSSR count). The molecule has 0 aliphatic heterocycles. The van der Waals surface area contributed by atoms with Crippen LogP contribution >= 0.6 is 0 Å². The summed E-state index contributed by atoms with van der Waals surface area (Å²) in [7, 11) is 0. The number of benzene rings is 1. The monoisotopic (exact) mass is 216 g/mol. The van der Waals surface area contributed by atoms with Crippen molar-refractivity contribution >= 4 is 11.6 Å². The largest absolute Gasteiger partial charge is 0.507 e. The predicted molar refractivity (Wildman–Crippen MR) is 59.9 cm³/mol. The van der Waals surface area contributed by atoms with Gasteiger partial charge in [-0.15, -0.1) is 0 Å². The first-order valence-electron chi connectivity index (χ1n) is 5.19. The Morgan fingerprint density at radius 1 is 1.38 bits per heavy atom. The molecule has 0 fully saturated rings. The van der Waals surface area contributed by atoms with E-state index in [1.165, 1.54) is 18.2 Å². The predicted octanol–water partition coefficient (Wildman–Crippen LogP) is 2.28. The summed E-state index contributed by atoms with van der Waals surface area (Å²) in [6.45, 7) is 1.73. The first kappa shape index (κ1) is 10.6. The number of fused-ring (bicyclic) bond motifs is 1. The zero-order chi connectivity index (χ0) is 11.7. The number of hydrogen-bond acceptors (Lipinski definition) is 3. The van der Waals surface area contributed by atoms with Crippen LogP contribution in [0.3, 0.4) is 0 Å². The van der Waals surface area contributed by atoms with Crippen molar-refractivity contribution in [2.45, 2.75) is 19.8 Å². The Bertz CT molecular complexity index is 498. The van der Waals surface area contributed by atoms with E-state index in [9.17, 15) is 14.7 Å². The van der Waals surface area contributed by atoms with Crippen molar-refractivity contribution in [2.24, 2.45) is 0 Å². The molecule has 3 nitrogen and oxygen atoms in total. The lowest BCUT2D eigenvalue weighted by Crippen LogP contribution is -1.99. The highest BCUT2D eigenvalue weighted by Crippen LogP contribution is 2.29. The Kier molecular flexibility index (Phi) is 2.60. The third-order valence-electron chi connectivity index (χ3n) is 2.73. The second-order valence-corrected chi connectivity index (χ2v) is 3.81. The van der Waals surface area contributed by atoms with Crippen LogP contribution in [0.4, 0.5) is 0 Å². The molecule has 1 aromatic carbocycles. The third-order valence-corrected chi connectivity index (χ3v) is 2.73. The topological polar surface area (TPSA) is 54.4 Å². The summed E-state index contributed by atoms with van der Waals surface area (Å²) in [5.41, 5.74) is 1.61. The van der Waals surface area contributed by atoms with Gasteiger partial charge in [0.05, 0.1) is 5.56 Å². The van der Waals surface area contributed by atoms with E-state index in [0.29, 0.717) is 18.4 Å². The van der Waals surface area contributed by atoms with Crippen molar-refractivity contribution in [2.75, 3.05) is 0 Å². The van der Waals surface area contributed by atoms with Crippen LogP contribution in [0.1, 0.15) is 39.6 Å². The van der Waals surface area contributed by atoms with E-state index in [2.05, 4.69) is 0 Å². The second-order valence-electron chi connectivity index (χ2n) is 3.81. The Morgan fingerprint density at radius 3 is 2.81 bits per heavy atom. The summed E-state index contributed by atoms with van der Waals surface area (Å²) in [5, 5.41) is 9.69. The van der Waals surface area contributed by atoms with E-state index in [0.717, 1.165) is 5.56 Å². The van der Waals surface area contributed by atoms with Gasteiger partial charge in [0, 0.05) is 12.0 Å². The minimum Gasteiger partial charge on any atom is -0.507 e. The molecule has 0 bridgehead atoms. The Balaban J connectivity index is 2.52. The van der Waals surface area contributed by atoms with Crippen LogP contribution in [0.2, 0.25) is 0 Å². The fourth-order valence-electron chi connectivity index (χ4n) is 1.92. The quantitative estimate of drug-likeness (QED) is 0.609. The first-order valence-corrected chi connectivity index (χ1v) is 5.19.